The Labute approximate surface area is 164 Å². The molecule has 2 aliphatic heterocycles. The molecule has 28 heavy (non-hydrogen) atoms. The first-order valence-corrected chi connectivity index (χ1v) is 9.74. The molecule has 0 atom stereocenters. The summed E-state index contributed by atoms with van der Waals surface area (Å²) in [6.07, 6.45) is 1.31. The van der Waals surface area contributed by atoms with Crippen LogP contribution in [0.2, 0.25) is 0 Å². The number of nitrogens with zero attached hydrogens (tertiary/aromatic N) is 3. The number of hydrogen-bond donors (Lipinski definition) is 1. The first-order valence-electron chi connectivity index (χ1n) is 9.74. The zero-order valence-corrected chi connectivity index (χ0v) is 16.3. The van der Waals surface area contributed by atoms with Crippen LogP contribution in [0.5, 0.6) is 0 Å². The van der Waals surface area contributed by atoms with Crippen LogP contribution in [-0.4, -0.2) is 77.2 Å². The Balaban J connectivity index is 1.52. The minimum atomic E-state index is -0.421. The quantitative estimate of drug-likeness (QED) is 0.773. The van der Waals surface area contributed by atoms with Crippen LogP contribution in [-0.2, 0) is 4.79 Å². The van der Waals surface area contributed by atoms with Crippen LogP contribution < -0.4 is 5.32 Å². The third kappa shape index (κ3) is 3.85. The summed E-state index contributed by atoms with van der Waals surface area (Å²) < 4.78 is 0. The number of amides is 5. The Bertz CT molecular complexity index is 747. The molecule has 0 bridgehead atoms. The molecule has 8 nitrogen and oxygen atoms in total. The predicted octanol–water partition coefficient (Wildman–Crippen LogP) is 1.33. The van der Waals surface area contributed by atoms with Gasteiger partial charge in [0.15, 0.2) is 0 Å². The normalized spacial score (nSPS) is 16.9. The molecular formula is C20H26N4O4. The van der Waals surface area contributed by atoms with Gasteiger partial charge in [0.05, 0.1) is 11.1 Å². The van der Waals surface area contributed by atoms with Gasteiger partial charge in [-0.2, -0.15) is 0 Å². The Morgan fingerprint density at radius 1 is 1.04 bits per heavy atom. The minimum Gasteiger partial charge on any atom is -0.341 e. The van der Waals surface area contributed by atoms with Gasteiger partial charge in [0, 0.05) is 32.2 Å². The Hall–Kier alpha value is -2.90. The minimum absolute atomic E-state index is 0.0245. The number of carbonyl (C=O) groups excluding carboxylic acids is 4. The summed E-state index contributed by atoms with van der Waals surface area (Å²) in [6, 6.07) is 6.55. The molecule has 2 aliphatic rings. The summed E-state index contributed by atoms with van der Waals surface area (Å²) in [5, 5.41) is 3.01. The van der Waals surface area contributed by atoms with E-state index in [9.17, 15) is 19.2 Å². The van der Waals surface area contributed by atoms with Crippen LogP contribution in [0.15, 0.2) is 24.3 Å². The smallest absolute Gasteiger partial charge is 0.317 e. The van der Waals surface area contributed by atoms with Gasteiger partial charge in [-0.15, -0.1) is 0 Å². The molecule has 2 heterocycles. The van der Waals surface area contributed by atoms with E-state index in [4.69, 9.17) is 0 Å². The van der Waals surface area contributed by atoms with E-state index in [0.29, 0.717) is 50.1 Å². The van der Waals surface area contributed by atoms with Crippen LogP contribution in [0.25, 0.3) is 0 Å². The van der Waals surface area contributed by atoms with Gasteiger partial charge in [-0.3, -0.25) is 19.3 Å². The van der Waals surface area contributed by atoms with Crippen LogP contribution >= 0.6 is 0 Å². The molecule has 0 unspecified atom stereocenters. The molecule has 0 saturated carbocycles. The second-order valence-corrected chi connectivity index (χ2v) is 7.02. The molecule has 0 radical (unpaired) electrons. The van der Waals surface area contributed by atoms with Gasteiger partial charge >= 0.3 is 6.03 Å². The fourth-order valence-corrected chi connectivity index (χ4v) is 3.67. The summed E-state index contributed by atoms with van der Waals surface area (Å²) in [7, 11) is 0. The highest BCUT2D eigenvalue weighted by Crippen LogP contribution is 2.22. The van der Waals surface area contributed by atoms with Crippen molar-refractivity contribution in [1.82, 2.24) is 20.0 Å². The van der Waals surface area contributed by atoms with Gasteiger partial charge < -0.3 is 15.1 Å². The number of imide groups is 1. The maximum atomic E-state index is 12.6. The largest absolute Gasteiger partial charge is 0.341 e. The van der Waals surface area contributed by atoms with Gasteiger partial charge in [-0.05, 0) is 38.8 Å². The van der Waals surface area contributed by atoms with Gasteiger partial charge in [0.25, 0.3) is 11.8 Å². The van der Waals surface area contributed by atoms with Crippen molar-refractivity contribution in [2.24, 2.45) is 0 Å². The average molecular weight is 386 g/mol. The molecule has 150 valence electrons. The zero-order chi connectivity index (χ0) is 20.3. The standard InChI is InChI=1S/C20H26N4O4/c1-3-22(4-2)20(28)21-14-9-11-23(12-10-14)17(25)13-24-18(26)15-7-5-6-8-16(15)19(24)27/h5-8,14H,3-4,9-13H2,1-2H3,(H,21,28). The number of fused-ring (bicyclic) bond motifs is 1. The highest BCUT2D eigenvalue weighted by atomic mass is 16.2. The number of nitrogens with one attached hydrogen (secondary N) is 1. The molecule has 1 aromatic carbocycles. The Morgan fingerprint density at radius 3 is 2.07 bits per heavy atom. The van der Waals surface area contributed by atoms with E-state index in [2.05, 4.69) is 5.32 Å². The summed E-state index contributed by atoms with van der Waals surface area (Å²) in [5.41, 5.74) is 0.691. The molecule has 1 saturated heterocycles. The van der Waals surface area contributed by atoms with Gasteiger partial charge in [-0.1, -0.05) is 12.1 Å². The second-order valence-electron chi connectivity index (χ2n) is 7.02. The average Bonchev–Trinajstić information content (AvgIpc) is 2.94. The number of rotatable bonds is 5. The van der Waals surface area contributed by atoms with Crippen LogP contribution in [0.3, 0.4) is 0 Å². The van der Waals surface area contributed by atoms with E-state index < -0.39 is 11.8 Å². The van der Waals surface area contributed by atoms with E-state index in [1.54, 1.807) is 34.1 Å². The molecule has 1 N–H and O–H groups in total. The van der Waals surface area contributed by atoms with Crippen molar-refractivity contribution in [2.45, 2.75) is 32.7 Å². The molecule has 5 amide bonds. The van der Waals surface area contributed by atoms with Crippen LogP contribution in [0.1, 0.15) is 47.4 Å². The summed E-state index contributed by atoms with van der Waals surface area (Å²) in [6.45, 7) is 5.91. The number of piperidine rings is 1. The lowest BCUT2D eigenvalue weighted by Gasteiger charge is -2.34. The van der Waals surface area contributed by atoms with Crippen molar-refractivity contribution in [3.8, 4) is 0 Å². The lowest BCUT2D eigenvalue weighted by Crippen LogP contribution is -2.51. The predicted molar refractivity (Wildman–Crippen MR) is 103 cm³/mol. The van der Waals surface area contributed by atoms with E-state index >= 15 is 0 Å². The van der Waals surface area contributed by atoms with Crippen molar-refractivity contribution in [1.29, 1.82) is 0 Å². The maximum Gasteiger partial charge on any atom is 0.317 e. The van der Waals surface area contributed by atoms with Crippen LogP contribution in [0, 0.1) is 0 Å². The fraction of sp³-hybridized carbons (Fsp3) is 0.500. The van der Waals surface area contributed by atoms with Crippen molar-refractivity contribution in [2.75, 3.05) is 32.7 Å². The maximum absolute atomic E-state index is 12.6. The molecule has 3 rings (SSSR count). The number of benzene rings is 1. The van der Waals surface area contributed by atoms with Gasteiger partial charge in [0.1, 0.15) is 6.54 Å². The third-order valence-corrected chi connectivity index (χ3v) is 5.40. The fourth-order valence-electron chi connectivity index (χ4n) is 3.67. The molecule has 0 aliphatic carbocycles. The van der Waals surface area contributed by atoms with E-state index in [1.165, 1.54) is 0 Å². The molecule has 8 heteroatoms. The highest BCUT2D eigenvalue weighted by Gasteiger charge is 2.37. The first kappa shape index (κ1) is 19.9. The molecule has 0 aromatic heterocycles. The van der Waals surface area contributed by atoms with E-state index in [-0.39, 0.29) is 24.5 Å². The van der Waals surface area contributed by atoms with Crippen LogP contribution in [0.4, 0.5) is 4.79 Å². The van der Waals surface area contributed by atoms with Crippen molar-refractivity contribution in [3.63, 3.8) is 0 Å². The Kier molecular flexibility index (Phi) is 5.96. The SMILES string of the molecule is CCN(CC)C(=O)NC1CCN(C(=O)CN2C(=O)c3ccccc3C2=O)CC1. The highest BCUT2D eigenvalue weighted by molar-refractivity contribution is 6.22. The monoisotopic (exact) mass is 386 g/mol. The first-order chi connectivity index (χ1) is 13.5. The van der Waals surface area contributed by atoms with E-state index in [0.717, 1.165) is 4.90 Å². The van der Waals surface area contributed by atoms with Crippen molar-refractivity contribution < 1.29 is 19.2 Å². The van der Waals surface area contributed by atoms with Gasteiger partial charge in [0.2, 0.25) is 5.91 Å². The molecular weight excluding hydrogens is 360 g/mol. The second kappa shape index (κ2) is 8.41. The number of carbonyl (C=O) groups is 4. The lowest BCUT2D eigenvalue weighted by molar-refractivity contribution is -0.132. The number of urea groups is 1. The number of likely N-dealkylation sites (tertiary alicyclic amines) is 1. The summed E-state index contributed by atoms with van der Waals surface area (Å²) in [5.74, 6) is -1.09. The van der Waals surface area contributed by atoms with E-state index in [1.807, 2.05) is 13.8 Å². The van der Waals surface area contributed by atoms with Gasteiger partial charge in [-0.25, -0.2) is 4.79 Å². The molecule has 1 aromatic rings. The molecule has 0 spiro atoms. The zero-order valence-electron chi connectivity index (χ0n) is 16.3. The Morgan fingerprint density at radius 2 is 1.57 bits per heavy atom. The summed E-state index contributed by atoms with van der Waals surface area (Å²) >= 11 is 0. The number of hydrogen-bond acceptors (Lipinski definition) is 4. The van der Waals surface area contributed by atoms with Crippen molar-refractivity contribution >= 4 is 23.8 Å². The summed E-state index contributed by atoms with van der Waals surface area (Å²) in [4.78, 5) is 54.0. The van der Waals surface area contributed by atoms with Crippen molar-refractivity contribution in [3.05, 3.63) is 35.4 Å². The lowest BCUT2D eigenvalue weighted by atomic mass is 10.1. The third-order valence-electron chi connectivity index (χ3n) is 5.40. The topological polar surface area (TPSA) is 90.0 Å². The molecule has 1 fully saturated rings.